The third kappa shape index (κ3) is 2.20. The molecule has 1 heterocycles. The van der Waals surface area contributed by atoms with E-state index in [1.807, 2.05) is 18.2 Å². The minimum absolute atomic E-state index is 0.0164. The summed E-state index contributed by atoms with van der Waals surface area (Å²) in [5, 5.41) is 6.15. The van der Waals surface area contributed by atoms with Gasteiger partial charge in [-0.3, -0.25) is 4.79 Å². The van der Waals surface area contributed by atoms with Gasteiger partial charge in [-0.2, -0.15) is 0 Å². The molecule has 0 saturated carbocycles. The number of rotatable bonds is 2. The molecule has 0 fully saturated rings. The maximum absolute atomic E-state index is 11.4. The van der Waals surface area contributed by atoms with Crippen LogP contribution in [0.2, 0.25) is 0 Å². The molecule has 102 valence electrons. The summed E-state index contributed by atoms with van der Waals surface area (Å²) >= 11 is 0. The predicted octanol–water partition coefficient (Wildman–Crippen LogP) is 3.12. The molecule has 0 atom stereocenters. The van der Waals surface area contributed by atoms with E-state index < -0.39 is 0 Å². The van der Waals surface area contributed by atoms with Crippen LogP contribution < -0.4 is 16.4 Å². The maximum Gasteiger partial charge on any atom is 0.228 e. The van der Waals surface area contributed by atoms with Gasteiger partial charge in [0.2, 0.25) is 5.91 Å². The number of hydrogen-bond acceptors (Lipinski definition) is 3. The van der Waals surface area contributed by atoms with E-state index in [0.717, 1.165) is 22.6 Å². The van der Waals surface area contributed by atoms with Crippen LogP contribution >= 0.6 is 0 Å². The molecule has 0 aliphatic carbocycles. The smallest absolute Gasteiger partial charge is 0.228 e. The SMILES string of the molecule is Cc1ccc(Nc2cc3c(cc2N)CC(=O)N3)cc1C. The lowest BCUT2D eigenvalue weighted by Gasteiger charge is -2.12. The highest BCUT2D eigenvalue weighted by atomic mass is 16.1. The molecule has 0 bridgehead atoms. The van der Waals surface area contributed by atoms with Gasteiger partial charge in [-0.25, -0.2) is 0 Å². The second kappa shape index (κ2) is 4.56. The summed E-state index contributed by atoms with van der Waals surface area (Å²) in [4.78, 5) is 11.4. The van der Waals surface area contributed by atoms with Crippen molar-refractivity contribution in [3.63, 3.8) is 0 Å². The lowest BCUT2D eigenvalue weighted by atomic mass is 10.1. The third-order valence-electron chi connectivity index (χ3n) is 3.69. The Morgan fingerprint density at radius 2 is 1.95 bits per heavy atom. The van der Waals surface area contributed by atoms with Gasteiger partial charge in [0, 0.05) is 11.4 Å². The second-order valence-electron chi connectivity index (χ2n) is 5.25. The first kappa shape index (κ1) is 12.5. The molecule has 2 aromatic rings. The monoisotopic (exact) mass is 267 g/mol. The molecule has 3 rings (SSSR count). The van der Waals surface area contributed by atoms with Crippen LogP contribution in [0.25, 0.3) is 0 Å². The number of nitrogens with two attached hydrogens (primary N) is 1. The number of benzene rings is 2. The van der Waals surface area contributed by atoms with Gasteiger partial charge >= 0.3 is 0 Å². The summed E-state index contributed by atoms with van der Waals surface area (Å²) in [7, 11) is 0. The van der Waals surface area contributed by atoms with Gasteiger partial charge in [-0.1, -0.05) is 6.07 Å². The fourth-order valence-corrected chi connectivity index (χ4v) is 2.38. The summed E-state index contributed by atoms with van der Waals surface area (Å²) in [5.41, 5.74) is 12.8. The van der Waals surface area contributed by atoms with Gasteiger partial charge in [0.25, 0.3) is 0 Å². The van der Waals surface area contributed by atoms with E-state index >= 15 is 0 Å². The molecule has 0 spiro atoms. The fraction of sp³-hybridized carbons (Fsp3) is 0.188. The Hall–Kier alpha value is -2.49. The van der Waals surface area contributed by atoms with Crippen LogP contribution in [-0.2, 0) is 11.2 Å². The summed E-state index contributed by atoms with van der Waals surface area (Å²) in [6.07, 6.45) is 0.406. The number of fused-ring (bicyclic) bond motifs is 1. The molecule has 0 saturated heterocycles. The Bertz CT molecular complexity index is 707. The Balaban J connectivity index is 1.93. The number of amides is 1. The van der Waals surface area contributed by atoms with Crippen molar-refractivity contribution in [1.82, 2.24) is 0 Å². The molecule has 1 aliphatic rings. The summed E-state index contributed by atoms with van der Waals surface area (Å²) < 4.78 is 0. The average molecular weight is 267 g/mol. The van der Waals surface area contributed by atoms with E-state index in [9.17, 15) is 4.79 Å². The molecule has 0 unspecified atom stereocenters. The van der Waals surface area contributed by atoms with Crippen molar-refractivity contribution in [1.29, 1.82) is 0 Å². The van der Waals surface area contributed by atoms with Crippen molar-refractivity contribution in [3.8, 4) is 0 Å². The maximum atomic E-state index is 11.4. The first-order valence-electron chi connectivity index (χ1n) is 6.59. The van der Waals surface area contributed by atoms with Crippen molar-refractivity contribution in [2.45, 2.75) is 20.3 Å². The van der Waals surface area contributed by atoms with Crippen molar-refractivity contribution in [2.75, 3.05) is 16.4 Å². The highest BCUT2D eigenvalue weighted by molar-refractivity contribution is 6.01. The van der Waals surface area contributed by atoms with E-state index in [-0.39, 0.29) is 5.91 Å². The summed E-state index contributed by atoms with van der Waals surface area (Å²) in [6, 6.07) is 9.93. The number of nitrogens with one attached hydrogen (secondary N) is 2. The van der Waals surface area contributed by atoms with Gasteiger partial charge in [-0.15, -0.1) is 0 Å². The highest BCUT2D eigenvalue weighted by Gasteiger charge is 2.19. The van der Waals surface area contributed by atoms with E-state index in [1.54, 1.807) is 0 Å². The summed E-state index contributed by atoms with van der Waals surface area (Å²) in [6.45, 7) is 4.16. The zero-order valence-corrected chi connectivity index (χ0v) is 11.6. The lowest BCUT2D eigenvalue weighted by Crippen LogP contribution is -2.03. The quantitative estimate of drug-likeness (QED) is 0.732. The molecule has 0 radical (unpaired) electrons. The molecule has 4 heteroatoms. The number of carbonyl (C=O) groups is 1. The third-order valence-corrected chi connectivity index (χ3v) is 3.69. The zero-order chi connectivity index (χ0) is 14.3. The predicted molar refractivity (Wildman–Crippen MR) is 82.4 cm³/mol. The number of hydrogen-bond donors (Lipinski definition) is 3. The molecule has 4 nitrogen and oxygen atoms in total. The summed E-state index contributed by atoms with van der Waals surface area (Å²) in [5.74, 6) is 0.0164. The first-order valence-corrected chi connectivity index (χ1v) is 6.59. The van der Waals surface area contributed by atoms with Crippen LogP contribution in [0.15, 0.2) is 30.3 Å². The topological polar surface area (TPSA) is 67.1 Å². The van der Waals surface area contributed by atoms with E-state index in [2.05, 4.69) is 36.6 Å². The molecule has 1 amide bonds. The molecular weight excluding hydrogens is 250 g/mol. The Morgan fingerprint density at radius 3 is 2.70 bits per heavy atom. The van der Waals surface area contributed by atoms with Crippen molar-refractivity contribution in [2.24, 2.45) is 0 Å². The lowest BCUT2D eigenvalue weighted by molar-refractivity contribution is -0.115. The zero-order valence-electron chi connectivity index (χ0n) is 11.6. The van der Waals surface area contributed by atoms with Crippen LogP contribution in [0.4, 0.5) is 22.7 Å². The van der Waals surface area contributed by atoms with Gasteiger partial charge in [0.1, 0.15) is 0 Å². The highest BCUT2D eigenvalue weighted by Crippen LogP contribution is 2.33. The van der Waals surface area contributed by atoms with Crippen molar-refractivity contribution >= 4 is 28.7 Å². The van der Waals surface area contributed by atoms with Crippen molar-refractivity contribution < 1.29 is 4.79 Å². The molecule has 1 aliphatic heterocycles. The molecule has 0 aromatic heterocycles. The number of carbonyl (C=O) groups excluding carboxylic acids is 1. The molecule has 4 N–H and O–H groups in total. The average Bonchev–Trinajstić information content (AvgIpc) is 2.73. The molecule has 2 aromatic carbocycles. The Kier molecular flexibility index (Phi) is 2.86. The normalized spacial score (nSPS) is 13.0. The van der Waals surface area contributed by atoms with Gasteiger partial charge < -0.3 is 16.4 Å². The second-order valence-corrected chi connectivity index (χ2v) is 5.25. The van der Waals surface area contributed by atoms with Crippen LogP contribution in [0, 0.1) is 13.8 Å². The standard InChI is InChI=1S/C16H17N3O/c1-9-3-4-12(5-10(9)2)18-15-8-14-11(6-13(15)17)7-16(20)19-14/h3-6,8,18H,7,17H2,1-2H3,(H,19,20). The minimum Gasteiger partial charge on any atom is -0.397 e. The Labute approximate surface area is 118 Å². The minimum atomic E-state index is 0.0164. The van der Waals surface area contributed by atoms with Crippen molar-refractivity contribution in [3.05, 3.63) is 47.0 Å². The van der Waals surface area contributed by atoms with Gasteiger partial charge in [0.15, 0.2) is 0 Å². The number of nitrogen functional groups attached to an aromatic ring is 1. The fourth-order valence-electron chi connectivity index (χ4n) is 2.38. The van der Waals surface area contributed by atoms with Crippen LogP contribution in [-0.4, -0.2) is 5.91 Å². The van der Waals surface area contributed by atoms with Crippen LogP contribution in [0.1, 0.15) is 16.7 Å². The number of anilines is 4. The Morgan fingerprint density at radius 1 is 1.15 bits per heavy atom. The van der Waals surface area contributed by atoms with Gasteiger partial charge in [0.05, 0.1) is 17.8 Å². The van der Waals surface area contributed by atoms with E-state index in [1.165, 1.54) is 11.1 Å². The van der Waals surface area contributed by atoms with E-state index in [0.29, 0.717) is 12.1 Å². The van der Waals surface area contributed by atoms with Crippen LogP contribution in [0.3, 0.4) is 0 Å². The van der Waals surface area contributed by atoms with Gasteiger partial charge in [-0.05, 0) is 54.8 Å². The van der Waals surface area contributed by atoms with Crippen LogP contribution in [0.5, 0.6) is 0 Å². The number of aryl methyl sites for hydroxylation is 2. The molecule has 20 heavy (non-hydrogen) atoms. The van der Waals surface area contributed by atoms with E-state index in [4.69, 9.17) is 5.73 Å². The molecular formula is C16H17N3O. The first-order chi connectivity index (χ1) is 9.52. The largest absolute Gasteiger partial charge is 0.397 e.